The highest BCUT2D eigenvalue weighted by Gasteiger charge is 2.15. The molecule has 0 saturated heterocycles. The summed E-state index contributed by atoms with van der Waals surface area (Å²) in [5.74, 6) is 0. The van der Waals surface area contributed by atoms with Crippen LogP contribution >= 0.6 is 0 Å². The molecule has 2 rings (SSSR count). The molecule has 2 aromatic rings. The second-order valence-electron chi connectivity index (χ2n) is 3.85. The first kappa shape index (κ1) is 12.0. The minimum Gasteiger partial charge on any atom is -0.239 e. The van der Waals surface area contributed by atoms with Crippen LogP contribution < -0.4 is 10.5 Å². The molecule has 0 saturated carbocycles. The van der Waals surface area contributed by atoms with E-state index in [-0.39, 0.29) is 4.90 Å². The van der Waals surface area contributed by atoms with Crippen LogP contribution in [0.15, 0.2) is 47.4 Å². The third kappa shape index (κ3) is 2.63. The van der Waals surface area contributed by atoms with Gasteiger partial charge < -0.3 is 0 Å². The van der Waals surface area contributed by atoms with Gasteiger partial charge in [0.2, 0.25) is 10.0 Å². The molecular formula is C12H13N2O2S. The van der Waals surface area contributed by atoms with E-state index in [9.17, 15) is 8.42 Å². The summed E-state index contributed by atoms with van der Waals surface area (Å²) >= 11 is 0. The molecule has 0 aliphatic carbocycles. The lowest BCUT2D eigenvalue weighted by atomic mass is 10.1. The van der Waals surface area contributed by atoms with Gasteiger partial charge in [0, 0.05) is 0 Å². The topological polar surface area (TPSA) is 70.0 Å². The average molecular weight is 249 g/mol. The van der Waals surface area contributed by atoms with Crippen molar-refractivity contribution in [1.29, 1.82) is 0 Å². The first-order valence-electron chi connectivity index (χ1n) is 5.21. The van der Waals surface area contributed by atoms with Crippen LogP contribution in [0.25, 0.3) is 10.8 Å². The summed E-state index contributed by atoms with van der Waals surface area (Å²) in [5.41, 5.74) is 7.26. The fraction of sp³-hybridized carbons (Fsp3) is 0.167. The lowest BCUT2D eigenvalue weighted by molar-refractivity contribution is 0.562. The molecule has 17 heavy (non-hydrogen) atoms. The summed E-state index contributed by atoms with van der Waals surface area (Å²) in [6.45, 7) is 1.47. The van der Waals surface area contributed by atoms with Crippen LogP contribution in [0.5, 0.6) is 0 Å². The fourth-order valence-corrected chi connectivity index (χ4v) is 2.77. The predicted octanol–water partition coefficient (Wildman–Crippen LogP) is 1.75. The number of nitrogens with one attached hydrogen (secondary N) is 2. The Bertz CT molecular complexity index is 636. The van der Waals surface area contributed by atoms with E-state index in [4.69, 9.17) is 5.73 Å². The molecule has 0 aromatic heterocycles. The van der Waals surface area contributed by atoms with Gasteiger partial charge in [-0.25, -0.2) is 14.2 Å². The van der Waals surface area contributed by atoms with E-state index in [1.165, 1.54) is 6.92 Å². The molecule has 0 amide bonds. The molecule has 0 aliphatic heterocycles. The van der Waals surface area contributed by atoms with Crippen molar-refractivity contribution in [2.75, 3.05) is 0 Å². The maximum absolute atomic E-state index is 11.9. The highest BCUT2D eigenvalue weighted by Crippen LogP contribution is 2.18. The fourth-order valence-electron chi connectivity index (χ4n) is 1.64. The van der Waals surface area contributed by atoms with Crippen molar-refractivity contribution in [2.45, 2.75) is 18.0 Å². The van der Waals surface area contributed by atoms with Crippen molar-refractivity contribution in [2.24, 2.45) is 0 Å². The van der Waals surface area contributed by atoms with E-state index in [0.29, 0.717) is 0 Å². The molecule has 0 aliphatic rings. The van der Waals surface area contributed by atoms with Gasteiger partial charge in [-0.05, 0) is 29.8 Å². The first-order valence-corrected chi connectivity index (χ1v) is 6.69. The van der Waals surface area contributed by atoms with Gasteiger partial charge in [-0.15, -0.1) is 0 Å². The molecule has 2 aromatic carbocycles. The largest absolute Gasteiger partial charge is 0.241 e. The smallest absolute Gasteiger partial charge is 0.239 e. The minimum absolute atomic E-state index is 0.190. The SMILES string of the molecule is CC([NH])NS(=O)(=O)c1ccc2ccccc2c1. The zero-order valence-electron chi connectivity index (χ0n) is 9.34. The molecule has 0 heterocycles. The van der Waals surface area contributed by atoms with Gasteiger partial charge in [-0.3, -0.25) is 0 Å². The van der Waals surface area contributed by atoms with Gasteiger partial charge in [-0.2, -0.15) is 4.72 Å². The summed E-state index contributed by atoms with van der Waals surface area (Å²) < 4.78 is 25.9. The Morgan fingerprint density at radius 3 is 2.41 bits per heavy atom. The molecular weight excluding hydrogens is 236 g/mol. The van der Waals surface area contributed by atoms with Crippen molar-refractivity contribution >= 4 is 20.8 Å². The first-order chi connectivity index (χ1) is 7.99. The summed E-state index contributed by atoms with van der Waals surface area (Å²) in [4.78, 5) is 0.190. The Kier molecular flexibility index (Phi) is 3.15. The molecule has 0 fully saturated rings. The van der Waals surface area contributed by atoms with E-state index >= 15 is 0 Å². The van der Waals surface area contributed by atoms with E-state index in [1.54, 1.807) is 18.2 Å². The summed E-state index contributed by atoms with van der Waals surface area (Å²) in [7, 11) is -3.59. The van der Waals surface area contributed by atoms with Crippen LogP contribution in [0.4, 0.5) is 0 Å². The zero-order chi connectivity index (χ0) is 12.5. The second kappa shape index (κ2) is 4.44. The van der Waals surface area contributed by atoms with Crippen molar-refractivity contribution in [3.8, 4) is 0 Å². The standard InChI is InChI=1S/C12H13N2O2S/c1-9(13)14-17(15,16)12-7-6-10-4-2-3-5-11(10)8-12/h2-9,13-14H,1H3. The number of rotatable bonds is 3. The van der Waals surface area contributed by atoms with Gasteiger partial charge in [0.15, 0.2) is 0 Å². The highest BCUT2D eigenvalue weighted by atomic mass is 32.2. The Balaban J connectivity index is 2.50. The van der Waals surface area contributed by atoms with Crippen molar-refractivity contribution in [3.05, 3.63) is 42.5 Å². The summed E-state index contributed by atoms with van der Waals surface area (Å²) in [5, 5.41) is 1.86. The van der Waals surface area contributed by atoms with Crippen LogP contribution in [0, 0.1) is 0 Å². The molecule has 2 N–H and O–H groups in total. The molecule has 0 bridgehead atoms. The Morgan fingerprint density at radius 1 is 1.12 bits per heavy atom. The summed E-state index contributed by atoms with van der Waals surface area (Å²) in [6.07, 6.45) is -0.855. The normalized spacial score (nSPS) is 13.8. The lowest BCUT2D eigenvalue weighted by Gasteiger charge is -2.09. The predicted molar refractivity (Wildman–Crippen MR) is 66.8 cm³/mol. The molecule has 5 heteroatoms. The molecule has 89 valence electrons. The van der Waals surface area contributed by atoms with E-state index in [0.717, 1.165) is 10.8 Å². The van der Waals surface area contributed by atoms with E-state index < -0.39 is 16.2 Å². The quantitative estimate of drug-likeness (QED) is 0.900. The van der Waals surface area contributed by atoms with E-state index in [1.807, 2.05) is 24.3 Å². The maximum Gasteiger partial charge on any atom is 0.241 e. The maximum atomic E-state index is 11.9. The number of hydrogen-bond donors (Lipinski definition) is 1. The van der Waals surface area contributed by atoms with Crippen LogP contribution in [0.3, 0.4) is 0 Å². The highest BCUT2D eigenvalue weighted by molar-refractivity contribution is 7.89. The van der Waals surface area contributed by atoms with Crippen LogP contribution in [-0.2, 0) is 10.0 Å². The van der Waals surface area contributed by atoms with Gasteiger partial charge in [-0.1, -0.05) is 30.3 Å². The Labute approximate surface area is 100 Å². The number of hydrogen-bond acceptors (Lipinski definition) is 2. The number of sulfonamides is 1. The molecule has 1 radical (unpaired) electrons. The number of fused-ring (bicyclic) bond motifs is 1. The molecule has 0 spiro atoms. The molecule has 1 unspecified atom stereocenters. The third-order valence-corrected chi connectivity index (χ3v) is 3.90. The average Bonchev–Trinajstić information content (AvgIpc) is 2.26. The van der Waals surface area contributed by atoms with Crippen LogP contribution in [-0.4, -0.2) is 14.6 Å². The Hall–Kier alpha value is -1.43. The lowest BCUT2D eigenvalue weighted by Crippen LogP contribution is -2.33. The number of benzene rings is 2. The van der Waals surface area contributed by atoms with Crippen molar-refractivity contribution in [3.63, 3.8) is 0 Å². The monoisotopic (exact) mass is 249 g/mol. The van der Waals surface area contributed by atoms with Crippen molar-refractivity contribution in [1.82, 2.24) is 10.5 Å². The minimum atomic E-state index is -3.59. The Morgan fingerprint density at radius 2 is 1.76 bits per heavy atom. The van der Waals surface area contributed by atoms with Crippen molar-refractivity contribution < 1.29 is 8.42 Å². The zero-order valence-corrected chi connectivity index (χ0v) is 10.2. The van der Waals surface area contributed by atoms with Gasteiger partial charge in [0.05, 0.1) is 11.1 Å². The second-order valence-corrected chi connectivity index (χ2v) is 5.57. The van der Waals surface area contributed by atoms with Gasteiger partial charge in [0.1, 0.15) is 0 Å². The third-order valence-electron chi connectivity index (χ3n) is 2.36. The molecule has 4 nitrogen and oxygen atoms in total. The van der Waals surface area contributed by atoms with Crippen LogP contribution in [0.2, 0.25) is 0 Å². The molecule has 1 atom stereocenters. The summed E-state index contributed by atoms with van der Waals surface area (Å²) in [6, 6.07) is 12.5. The van der Waals surface area contributed by atoms with E-state index in [2.05, 4.69) is 4.72 Å². The van der Waals surface area contributed by atoms with Gasteiger partial charge in [0.25, 0.3) is 0 Å². The van der Waals surface area contributed by atoms with Crippen LogP contribution in [0.1, 0.15) is 6.92 Å². The van der Waals surface area contributed by atoms with Gasteiger partial charge >= 0.3 is 0 Å².